The molecule has 0 saturated carbocycles. The molecular formula is C29H33N5O3S2. The van der Waals surface area contributed by atoms with E-state index in [9.17, 15) is 13.2 Å². The number of carbonyl (C=O) groups is 1. The first kappa shape index (κ1) is 27.1. The van der Waals surface area contributed by atoms with Crippen LogP contribution in [0.5, 0.6) is 0 Å². The Morgan fingerprint density at radius 2 is 1.69 bits per heavy atom. The standard InChI is InChI=1S/C29H33N5O3S2/c1-21-19-22(2)27-26(20-21)31-29(38-27)34-17-15-33(16-18-34)14-13-30-28(35)23-9-11-25(12-10-23)39(36,37)32(3)24-7-5-4-6-8-24/h4-12,19-20H,13-18H2,1-3H3,(H,30,35). The number of fused-ring (bicyclic) bond motifs is 1. The monoisotopic (exact) mass is 563 g/mol. The van der Waals surface area contributed by atoms with Crippen molar-refractivity contribution < 1.29 is 13.2 Å². The van der Waals surface area contributed by atoms with E-state index >= 15 is 0 Å². The first-order valence-electron chi connectivity index (χ1n) is 13.0. The van der Waals surface area contributed by atoms with Gasteiger partial charge in [-0.25, -0.2) is 13.4 Å². The van der Waals surface area contributed by atoms with Crippen molar-refractivity contribution in [2.24, 2.45) is 0 Å². The van der Waals surface area contributed by atoms with Gasteiger partial charge in [0.1, 0.15) is 0 Å². The van der Waals surface area contributed by atoms with Crippen LogP contribution in [0.25, 0.3) is 10.2 Å². The van der Waals surface area contributed by atoms with Crippen LogP contribution in [0, 0.1) is 13.8 Å². The van der Waals surface area contributed by atoms with Gasteiger partial charge in [-0.3, -0.25) is 14.0 Å². The first-order chi connectivity index (χ1) is 18.7. The molecule has 1 aliphatic heterocycles. The summed E-state index contributed by atoms with van der Waals surface area (Å²) >= 11 is 1.76. The molecule has 1 saturated heterocycles. The van der Waals surface area contributed by atoms with Crippen LogP contribution in [-0.2, 0) is 10.0 Å². The van der Waals surface area contributed by atoms with E-state index in [1.807, 2.05) is 6.07 Å². The van der Waals surface area contributed by atoms with E-state index in [0.29, 0.717) is 17.8 Å². The highest BCUT2D eigenvalue weighted by Gasteiger charge is 2.22. The lowest BCUT2D eigenvalue weighted by Gasteiger charge is -2.34. The van der Waals surface area contributed by atoms with Crippen molar-refractivity contribution in [2.75, 3.05) is 55.5 Å². The van der Waals surface area contributed by atoms with Gasteiger partial charge >= 0.3 is 0 Å². The van der Waals surface area contributed by atoms with Gasteiger partial charge in [-0.05, 0) is 67.4 Å². The van der Waals surface area contributed by atoms with E-state index in [0.717, 1.165) is 43.4 Å². The third kappa shape index (κ3) is 5.93. The number of nitrogens with one attached hydrogen (secondary N) is 1. The van der Waals surface area contributed by atoms with Crippen LogP contribution >= 0.6 is 11.3 Å². The van der Waals surface area contributed by atoms with Crippen molar-refractivity contribution >= 4 is 48.3 Å². The van der Waals surface area contributed by atoms with E-state index in [4.69, 9.17) is 4.98 Å². The number of hydrogen-bond acceptors (Lipinski definition) is 7. The molecule has 1 N–H and O–H groups in total. The molecule has 0 unspecified atom stereocenters. The van der Waals surface area contributed by atoms with E-state index in [-0.39, 0.29) is 10.8 Å². The summed E-state index contributed by atoms with van der Waals surface area (Å²) in [6, 6.07) is 19.3. The van der Waals surface area contributed by atoms with Crippen molar-refractivity contribution in [1.82, 2.24) is 15.2 Å². The number of rotatable bonds is 8. The lowest BCUT2D eigenvalue weighted by molar-refractivity contribution is 0.0947. The SMILES string of the molecule is Cc1cc(C)c2sc(N3CCN(CCNC(=O)c4ccc(S(=O)(=O)N(C)c5ccccc5)cc4)CC3)nc2c1. The molecule has 0 spiro atoms. The smallest absolute Gasteiger partial charge is 0.264 e. The Kier molecular flexibility index (Phi) is 7.88. The fourth-order valence-corrected chi connectivity index (χ4v) is 7.07. The minimum Gasteiger partial charge on any atom is -0.351 e. The predicted molar refractivity (Wildman–Crippen MR) is 159 cm³/mol. The lowest BCUT2D eigenvalue weighted by Crippen LogP contribution is -2.48. The molecule has 0 atom stereocenters. The zero-order chi connectivity index (χ0) is 27.6. The van der Waals surface area contributed by atoms with Crippen LogP contribution < -0.4 is 14.5 Å². The number of benzene rings is 3. The van der Waals surface area contributed by atoms with Crippen LogP contribution in [0.3, 0.4) is 0 Å². The number of carbonyl (C=O) groups excluding carboxylic acids is 1. The molecule has 5 rings (SSSR count). The molecule has 10 heteroatoms. The molecule has 1 fully saturated rings. The van der Waals surface area contributed by atoms with Crippen molar-refractivity contribution in [1.29, 1.82) is 0 Å². The molecule has 0 aliphatic carbocycles. The molecule has 39 heavy (non-hydrogen) atoms. The number of thiazole rings is 1. The fraction of sp³-hybridized carbons (Fsp3) is 0.310. The summed E-state index contributed by atoms with van der Waals surface area (Å²) in [6.07, 6.45) is 0. The Bertz CT molecular complexity index is 1560. The van der Waals surface area contributed by atoms with Gasteiger partial charge < -0.3 is 10.2 Å². The summed E-state index contributed by atoms with van der Waals surface area (Å²) in [4.78, 5) is 22.4. The average molecular weight is 564 g/mol. The number of aryl methyl sites for hydroxylation is 2. The van der Waals surface area contributed by atoms with Gasteiger partial charge in [0.2, 0.25) is 0 Å². The van der Waals surface area contributed by atoms with Gasteiger partial charge in [-0.1, -0.05) is 35.6 Å². The summed E-state index contributed by atoms with van der Waals surface area (Å²) in [5.74, 6) is -0.214. The zero-order valence-corrected chi connectivity index (χ0v) is 24.1. The summed E-state index contributed by atoms with van der Waals surface area (Å²) in [6.45, 7) is 9.15. The molecule has 1 aliphatic rings. The third-order valence-corrected chi connectivity index (χ3v) is 10.1. The molecule has 204 valence electrons. The van der Waals surface area contributed by atoms with E-state index in [1.54, 1.807) is 47.7 Å². The van der Waals surface area contributed by atoms with Crippen molar-refractivity contribution in [2.45, 2.75) is 18.7 Å². The zero-order valence-electron chi connectivity index (χ0n) is 22.4. The summed E-state index contributed by atoms with van der Waals surface area (Å²) in [5, 5.41) is 4.04. The van der Waals surface area contributed by atoms with Gasteiger partial charge in [0.25, 0.3) is 15.9 Å². The number of nitrogens with zero attached hydrogens (tertiary/aromatic N) is 4. The quantitative estimate of drug-likeness (QED) is 0.344. The van der Waals surface area contributed by atoms with Gasteiger partial charge in [0.15, 0.2) is 5.13 Å². The Morgan fingerprint density at radius 1 is 1.00 bits per heavy atom. The highest BCUT2D eigenvalue weighted by molar-refractivity contribution is 7.92. The number of anilines is 2. The minimum absolute atomic E-state index is 0.140. The number of hydrogen-bond donors (Lipinski definition) is 1. The summed E-state index contributed by atoms with van der Waals surface area (Å²) in [7, 11) is -2.20. The van der Waals surface area contributed by atoms with Gasteiger partial charge in [-0.15, -0.1) is 0 Å². The fourth-order valence-electron chi connectivity index (χ4n) is 4.81. The second-order valence-electron chi connectivity index (χ2n) is 9.84. The largest absolute Gasteiger partial charge is 0.351 e. The van der Waals surface area contributed by atoms with E-state index in [1.165, 1.54) is 39.3 Å². The van der Waals surface area contributed by atoms with Crippen LogP contribution in [0.4, 0.5) is 10.8 Å². The molecule has 8 nitrogen and oxygen atoms in total. The van der Waals surface area contributed by atoms with Gasteiger partial charge in [0, 0.05) is 51.9 Å². The maximum Gasteiger partial charge on any atom is 0.264 e. The average Bonchev–Trinajstić information content (AvgIpc) is 3.38. The molecule has 1 amide bonds. The van der Waals surface area contributed by atoms with Crippen LogP contribution in [0.2, 0.25) is 0 Å². The highest BCUT2D eigenvalue weighted by Crippen LogP contribution is 2.32. The van der Waals surface area contributed by atoms with E-state index < -0.39 is 10.0 Å². The summed E-state index contributed by atoms with van der Waals surface area (Å²) in [5.41, 5.74) is 4.60. The number of aromatic nitrogens is 1. The van der Waals surface area contributed by atoms with Crippen molar-refractivity contribution in [3.05, 3.63) is 83.4 Å². The van der Waals surface area contributed by atoms with Crippen LogP contribution in [-0.4, -0.2) is 70.5 Å². The highest BCUT2D eigenvalue weighted by atomic mass is 32.2. The number of para-hydroxylation sites is 1. The van der Waals surface area contributed by atoms with Crippen LogP contribution in [0.15, 0.2) is 71.6 Å². The Balaban J connectivity index is 1.10. The maximum absolute atomic E-state index is 13.0. The van der Waals surface area contributed by atoms with Gasteiger partial charge in [0.05, 0.1) is 20.8 Å². The van der Waals surface area contributed by atoms with Crippen molar-refractivity contribution in [3.63, 3.8) is 0 Å². The number of piperazine rings is 1. The normalized spacial score (nSPS) is 14.5. The third-order valence-electron chi connectivity index (χ3n) is 7.06. The lowest BCUT2D eigenvalue weighted by atomic mass is 10.1. The second-order valence-corrected chi connectivity index (χ2v) is 12.8. The second kappa shape index (κ2) is 11.3. The van der Waals surface area contributed by atoms with E-state index in [2.05, 4.69) is 41.1 Å². The molecule has 0 radical (unpaired) electrons. The Morgan fingerprint density at radius 3 is 2.38 bits per heavy atom. The maximum atomic E-state index is 13.0. The molecular weight excluding hydrogens is 530 g/mol. The molecule has 2 heterocycles. The Hall–Kier alpha value is -3.47. The topological polar surface area (TPSA) is 85.8 Å². The van der Waals surface area contributed by atoms with Crippen molar-refractivity contribution in [3.8, 4) is 0 Å². The summed E-state index contributed by atoms with van der Waals surface area (Å²) < 4.78 is 28.4. The molecule has 0 bridgehead atoms. The van der Waals surface area contributed by atoms with Gasteiger partial charge in [-0.2, -0.15) is 0 Å². The number of amides is 1. The molecule has 3 aromatic carbocycles. The van der Waals surface area contributed by atoms with Crippen LogP contribution in [0.1, 0.15) is 21.5 Å². The Labute approximate surface area is 233 Å². The molecule has 4 aromatic rings. The predicted octanol–water partition coefficient (Wildman–Crippen LogP) is 4.29. The first-order valence-corrected chi connectivity index (χ1v) is 15.3. The number of sulfonamides is 1. The minimum atomic E-state index is -3.72. The molecule has 1 aromatic heterocycles.